The minimum atomic E-state index is -0.124. The summed E-state index contributed by atoms with van der Waals surface area (Å²) in [7, 11) is 3.14. The Bertz CT molecular complexity index is 696. The number of benzene rings is 2. The summed E-state index contributed by atoms with van der Waals surface area (Å²) in [6.45, 7) is 0. The highest BCUT2D eigenvalue weighted by Gasteiger charge is 2.24. The van der Waals surface area contributed by atoms with Gasteiger partial charge in [-0.2, -0.15) is 0 Å². The van der Waals surface area contributed by atoms with Crippen LogP contribution >= 0.6 is 0 Å². The summed E-state index contributed by atoms with van der Waals surface area (Å²) in [4.78, 5) is 12.6. The van der Waals surface area contributed by atoms with E-state index < -0.39 is 0 Å². The molecule has 1 aliphatic rings. The van der Waals surface area contributed by atoms with Gasteiger partial charge in [0.15, 0.2) is 0 Å². The lowest BCUT2D eigenvalue weighted by molar-refractivity contribution is 0.0933. The maximum atomic E-state index is 12.6. The van der Waals surface area contributed by atoms with Crippen LogP contribution < -0.4 is 14.8 Å². The number of aryl methyl sites for hydroxylation is 1. The molecule has 0 aliphatic heterocycles. The quantitative estimate of drug-likeness (QED) is 0.943. The zero-order chi connectivity index (χ0) is 15.5. The Morgan fingerprint density at radius 1 is 1.14 bits per heavy atom. The number of carbonyl (C=O) groups is 1. The fourth-order valence-corrected chi connectivity index (χ4v) is 2.93. The standard InChI is InChI=1S/C18H19NO3/c1-21-13-8-9-15(17(11-13)22-2)18(20)19-16-10-7-12-5-3-4-6-14(12)16/h3-6,8-9,11,16H,7,10H2,1-2H3,(H,19,20). The van der Waals surface area contributed by atoms with Gasteiger partial charge in [-0.05, 0) is 36.1 Å². The molecule has 0 aromatic heterocycles. The number of rotatable bonds is 4. The van der Waals surface area contributed by atoms with Crippen molar-refractivity contribution in [2.45, 2.75) is 18.9 Å². The van der Waals surface area contributed by atoms with Crippen LogP contribution in [0.1, 0.15) is 33.9 Å². The lowest BCUT2D eigenvalue weighted by Crippen LogP contribution is -2.27. The van der Waals surface area contributed by atoms with Gasteiger partial charge >= 0.3 is 0 Å². The highest BCUT2D eigenvalue weighted by molar-refractivity contribution is 5.97. The predicted octanol–water partition coefficient (Wildman–Crippen LogP) is 3.12. The van der Waals surface area contributed by atoms with E-state index in [1.807, 2.05) is 12.1 Å². The molecule has 0 heterocycles. The number of ether oxygens (including phenoxy) is 2. The van der Waals surface area contributed by atoms with E-state index >= 15 is 0 Å². The maximum Gasteiger partial charge on any atom is 0.255 e. The maximum absolute atomic E-state index is 12.6. The summed E-state index contributed by atoms with van der Waals surface area (Å²) in [5, 5.41) is 3.10. The van der Waals surface area contributed by atoms with Gasteiger partial charge in [-0.25, -0.2) is 0 Å². The van der Waals surface area contributed by atoms with Crippen LogP contribution in [0.4, 0.5) is 0 Å². The van der Waals surface area contributed by atoms with Gasteiger partial charge in [-0.15, -0.1) is 0 Å². The van der Waals surface area contributed by atoms with Crippen molar-refractivity contribution in [1.82, 2.24) is 5.32 Å². The van der Waals surface area contributed by atoms with E-state index in [0.717, 1.165) is 12.8 Å². The highest BCUT2D eigenvalue weighted by Crippen LogP contribution is 2.32. The largest absolute Gasteiger partial charge is 0.497 e. The van der Waals surface area contributed by atoms with E-state index in [-0.39, 0.29) is 11.9 Å². The van der Waals surface area contributed by atoms with Crippen LogP contribution in [0.5, 0.6) is 11.5 Å². The number of amides is 1. The monoisotopic (exact) mass is 297 g/mol. The summed E-state index contributed by atoms with van der Waals surface area (Å²) < 4.78 is 10.5. The number of fused-ring (bicyclic) bond motifs is 1. The zero-order valence-electron chi connectivity index (χ0n) is 12.8. The van der Waals surface area contributed by atoms with Crippen molar-refractivity contribution in [2.75, 3.05) is 14.2 Å². The third kappa shape index (κ3) is 2.64. The van der Waals surface area contributed by atoms with E-state index in [1.54, 1.807) is 32.4 Å². The second kappa shape index (κ2) is 6.10. The van der Waals surface area contributed by atoms with E-state index in [1.165, 1.54) is 11.1 Å². The molecule has 1 unspecified atom stereocenters. The van der Waals surface area contributed by atoms with E-state index in [9.17, 15) is 4.79 Å². The highest BCUT2D eigenvalue weighted by atomic mass is 16.5. The molecule has 0 saturated heterocycles. The molecule has 1 N–H and O–H groups in total. The van der Waals surface area contributed by atoms with Crippen molar-refractivity contribution in [3.05, 3.63) is 59.2 Å². The summed E-state index contributed by atoms with van der Waals surface area (Å²) in [6, 6.07) is 13.5. The minimum absolute atomic E-state index is 0.0653. The van der Waals surface area contributed by atoms with Crippen LogP contribution in [-0.2, 0) is 6.42 Å². The van der Waals surface area contributed by atoms with Gasteiger partial charge in [-0.1, -0.05) is 24.3 Å². The fourth-order valence-electron chi connectivity index (χ4n) is 2.93. The van der Waals surface area contributed by atoms with Crippen molar-refractivity contribution in [2.24, 2.45) is 0 Å². The van der Waals surface area contributed by atoms with E-state index in [2.05, 4.69) is 17.4 Å². The van der Waals surface area contributed by atoms with Crippen LogP contribution in [0.2, 0.25) is 0 Å². The Labute approximate surface area is 130 Å². The third-order valence-corrected chi connectivity index (χ3v) is 4.09. The molecule has 1 atom stereocenters. The Kier molecular flexibility index (Phi) is 4.00. The third-order valence-electron chi connectivity index (χ3n) is 4.09. The van der Waals surface area contributed by atoms with Crippen molar-refractivity contribution in [3.8, 4) is 11.5 Å². The van der Waals surface area contributed by atoms with Crippen LogP contribution in [0, 0.1) is 0 Å². The number of hydrogen-bond acceptors (Lipinski definition) is 3. The van der Waals surface area contributed by atoms with Gasteiger partial charge in [0.25, 0.3) is 5.91 Å². The molecule has 0 fully saturated rings. The number of carbonyl (C=O) groups excluding carboxylic acids is 1. The first-order valence-electron chi connectivity index (χ1n) is 7.33. The van der Waals surface area contributed by atoms with E-state index in [0.29, 0.717) is 17.1 Å². The smallest absolute Gasteiger partial charge is 0.255 e. The molecule has 0 radical (unpaired) electrons. The molecule has 0 saturated carbocycles. The van der Waals surface area contributed by atoms with Crippen molar-refractivity contribution in [1.29, 1.82) is 0 Å². The number of hydrogen-bond donors (Lipinski definition) is 1. The van der Waals surface area contributed by atoms with Crippen LogP contribution in [0.25, 0.3) is 0 Å². The molecule has 3 rings (SSSR count). The first kappa shape index (κ1) is 14.4. The van der Waals surface area contributed by atoms with Crippen molar-refractivity contribution < 1.29 is 14.3 Å². The normalized spacial score (nSPS) is 16.0. The van der Waals surface area contributed by atoms with Gasteiger partial charge in [-0.3, -0.25) is 4.79 Å². The molecule has 2 aromatic rings. The average Bonchev–Trinajstić information content (AvgIpc) is 2.97. The first-order chi connectivity index (χ1) is 10.7. The zero-order valence-corrected chi connectivity index (χ0v) is 12.8. The molecule has 22 heavy (non-hydrogen) atoms. The second-order valence-corrected chi connectivity index (χ2v) is 5.33. The molecule has 4 nitrogen and oxygen atoms in total. The van der Waals surface area contributed by atoms with Crippen molar-refractivity contribution >= 4 is 5.91 Å². The summed E-state index contributed by atoms with van der Waals surface area (Å²) in [6.07, 6.45) is 1.93. The molecular weight excluding hydrogens is 278 g/mol. The van der Waals surface area contributed by atoms with Crippen LogP contribution in [0.3, 0.4) is 0 Å². The fraction of sp³-hybridized carbons (Fsp3) is 0.278. The van der Waals surface area contributed by atoms with Crippen LogP contribution in [-0.4, -0.2) is 20.1 Å². The topological polar surface area (TPSA) is 47.6 Å². The van der Waals surface area contributed by atoms with Gasteiger partial charge in [0.2, 0.25) is 0 Å². The van der Waals surface area contributed by atoms with Crippen LogP contribution in [0.15, 0.2) is 42.5 Å². The second-order valence-electron chi connectivity index (χ2n) is 5.33. The molecule has 1 aliphatic carbocycles. The number of nitrogens with one attached hydrogen (secondary N) is 1. The molecule has 114 valence electrons. The summed E-state index contributed by atoms with van der Waals surface area (Å²) >= 11 is 0. The molecule has 1 amide bonds. The number of methoxy groups -OCH3 is 2. The lowest BCUT2D eigenvalue weighted by Gasteiger charge is -2.16. The Morgan fingerprint density at radius 2 is 1.95 bits per heavy atom. The van der Waals surface area contributed by atoms with Gasteiger partial charge in [0, 0.05) is 6.07 Å². The first-order valence-corrected chi connectivity index (χ1v) is 7.33. The molecule has 4 heteroatoms. The Balaban J connectivity index is 1.81. The average molecular weight is 297 g/mol. The Morgan fingerprint density at radius 3 is 2.73 bits per heavy atom. The van der Waals surface area contributed by atoms with Gasteiger partial charge < -0.3 is 14.8 Å². The molecule has 0 bridgehead atoms. The summed E-state index contributed by atoms with van der Waals surface area (Å²) in [5.74, 6) is 1.06. The Hall–Kier alpha value is -2.49. The molecule has 2 aromatic carbocycles. The van der Waals surface area contributed by atoms with E-state index in [4.69, 9.17) is 9.47 Å². The summed E-state index contributed by atoms with van der Waals surface area (Å²) in [5.41, 5.74) is 3.05. The predicted molar refractivity (Wildman–Crippen MR) is 84.5 cm³/mol. The SMILES string of the molecule is COc1ccc(C(=O)NC2CCc3ccccc32)c(OC)c1. The van der Waals surface area contributed by atoms with Gasteiger partial charge in [0.05, 0.1) is 25.8 Å². The van der Waals surface area contributed by atoms with Crippen molar-refractivity contribution in [3.63, 3.8) is 0 Å². The molecule has 0 spiro atoms. The minimum Gasteiger partial charge on any atom is -0.497 e. The molecular formula is C18H19NO3. The van der Waals surface area contributed by atoms with Gasteiger partial charge in [0.1, 0.15) is 11.5 Å². The lowest BCUT2D eigenvalue weighted by atomic mass is 10.1.